The molecule has 0 saturated carbocycles. The Morgan fingerprint density at radius 3 is 2.69 bits per heavy atom. The monoisotopic (exact) mass is 389 g/mol. The molecule has 2 aromatic heterocycles. The number of carbonyl (C=O) groups is 1. The second-order valence-electron chi connectivity index (χ2n) is 8.47. The molecule has 1 aromatic carbocycles. The first-order valence-corrected chi connectivity index (χ1v) is 10.5. The van der Waals surface area contributed by atoms with Gasteiger partial charge in [0.05, 0.1) is 23.5 Å². The average molecular weight is 390 g/mol. The predicted octanol–water partition coefficient (Wildman–Crippen LogP) is 3.68. The molecule has 1 amide bonds. The summed E-state index contributed by atoms with van der Waals surface area (Å²) in [4.78, 5) is 30.1. The number of aromatic nitrogens is 3. The molecule has 0 aliphatic carbocycles. The van der Waals surface area contributed by atoms with Crippen LogP contribution in [-0.4, -0.2) is 45.4 Å². The second-order valence-corrected chi connectivity index (χ2v) is 8.47. The van der Waals surface area contributed by atoms with E-state index < -0.39 is 0 Å². The van der Waals surface area contributed by atoms with Gasteiger partial charge in [0, 0.05) is 43.3 Å². The van der Waals surface area contributed by atoms with Gasteiger partial charge < -0.3 is 14.8 Å². The zero-order valence-corrected chi connectivity index (χ0v) is 16.9. The summed E-state index contributed by atoms with van der Waals surface area (Å²) in [5.41, 5.74) is 3.06. The van der Waals surface area contributed by atoms with E-state index in [-0.39, 0.29) is 5.41 Å². The zero-order valence-electron chi connectivity index (χ0n) is 16.9. The maximum absolute atomic E-state index is 13.5. The van der Waals surface area contributed by atoms with Crippen molar-refractivity contribution in [2.45, 2.75) is 39.2 Å². The number of para-hydroxylation sites is 1. The van der Waals surface area contributed by atoms with Crippen molar-refractivity contribution in [3.8, 4) is 0 Å². The van der Waals surface area contributed by atoms with Crippen molar-refractivity contribution in [2.24, 2.45) is 5.41 Å². The second kappa shape index (κ2) is 7.17. The quantitative estimate of drug-likeness (QED) is 0.742. The highest BCUT2D eigenvalue weighted by Crippen LogP contribution is 2.42. The molecule has 5 rings (SSSR count). The number of anilines is 1. The van der Waals surface area contributed by atoms with Crippen LogP contribution in [0.5, 0.6) is 0 Å². The van der Waals surface area contributed by atoms with Crippen LogP contribution < -0.4 is 4.90 Å². The number of amides is 1. The van der Waals surface area contributed by atoms with E-state index in [1.165, 1.54) is 10.9 Å². The molecular weight excluding hydrogens is 362 g/mol. The molecule has 0 atom stereocenters. The lowest BCUT2D eigenvalue weighted by atomic mass is 9.71. The third-order valence-electron chi connectivity index (χ3n) is 6.67. The van der Waals surface area contributed by atoms with Crippen LogP contribution in [-0.2, 0) is 11.3 Å². The summed E-state index contributed by atoms with van der Waals surface area (Å²) in [5.74, 6) is 1.26. The number of hydrogen-bond donors (Lipinski definition) is 1. The summed E-state index contributed by atoms with van der Waals surface area (Å²) in [6, 6.07) is 8.31. The van der Waals surface area contributed by atoms with E-state index in [0.29, 0.717) is 12.5 Å². The van der Waals surface area contributed by atoms with E-state index in [9.17, 15) is 4.79 Å². The van der Waals surface area contributed by atoms with Gasteiger partial charge in [0.25, 0.3) is 0 Å². The minimum atomic E-state index is -0.209. The molecule has 1 N–H and O–H groups in total. The molecular formula is C23H27N5O. The van der Waals surface area contributed by atoms with Gasteiger partial charge in [0.2, 0.25) is 5.91 Å². The van der Waals surface area contributed by atoms with Gasteiger partial charge >= 0.3 is 0 Å². The Kier molecular flexibility index (Phi) is 4.49. The third kappa shape index (κ3) is 3.26. The summed E-state index contributed by atoms with van der Waals surface area (Å²) < 4.78 is 0. The highest BCUT2D eigenvalue weighted by molar-refractivity contribution is 5.86. The molecule has 0 unspecified atom stereocenters. The van der Waals surface area contributed by atoms with E-state index in [2.05, 4.69) is 49.1 Å². The van der Waals surface area contributed by atoms with Crippen molar-refractivity contribution in [1.29, 1.82) is 0 Å². The predicted molar refractivity (Wildman–Crippen MR) is 114 cm³/mol. The third-order valence-corrected chi connectivity index (χ3v) is 6.67. The molecule has 29 heavy (non-hydrogen) atoms. The number of carbonyl (C=O) groups excluding carboxylic acids is 1. The Bertz CT molecular complexity index is 1020. The number of benzene rings is 1. The summed E-state index contributed by atoms with van der Waals surface area (Å²) in [7, 11) is 0. The average Bonchev–Trinajstić information content (AvgIpc) is 3.16. The van der Waals surface area contributed by atoms with Gasteiger partial charge in [0.1, 0.15) is 5.82 Å². The van der Waals surface area contributed by atoms with Gasteiger partial charge in [-0.1, -0.05) is 18.2 Å². The van der Waals surface area contributed by atoms with E-state index >= 15 is 0 Å². The van der Waals surface area contributed by atoms with Gasteiger partial charge in [-0.3, -0.25) is 9.78 Å². The number of aryl methyl sites for hydroxylation is 1. The van der Waals surface area contributed by atoms with Gasteiger partial charge in [-0.2, -0.15) is 0 Å². The molecule has 2 aliphatic heterocycles. The fourth-order valence-electron chi connectivity index (χ4n) is 4.95. The van der Waals surface area contributed by atoms with Crippen molar-refractivity contribution >= 4 is 22.6 Å². The lowest BCUT2D eigenvalue weighted by molar-refractivity contribution is -0.148. The molecule has 150 valence electrons. The minimum absolute atomic E-state index is 0.209. The van der Waals surface area contributed by atoms with Crippen LogP contribution in [0.15, 0.2) is 42.9 Å². The highest BCUT2D eigenvalue weighted by atomic mass is 16.2. The van der Waals surface area contributed by atoms with Gasteiger partial charge in [-0.05, 0) is 44.2 Å². The van der Waals surface area contributed by atoms with Crippen LogP contribution >= 0.6 is 0 Å². The van der Waals surface area contributed by atoms with Crippen LogP contribution in [0.2, 0.25) is 0 Å². The summed E-state index contributed by atoms with van der Waals surface area (Å²) in [6.07, 6.45) is 9.59. The number of nitrogens with one attached hydrogen (secondary N) is 1. The van der Waals surface area contributed by atoms with E-state index in [0.717, 1.165) is 62.3 Å². The van der Waals surface area contributed by atoms with E-state index in [1.54, 1.807) is 0 Å². The largest absolute Gasteiger partial charge is 0.361 e. The van der Waals surface area contributed by atoms with Crippen molar-refractivity contribution in [3.63, 3.8) is 0 Å². The normalized spacial score (nSPS) is 19.3. The maximum Gasteiger partial charge on any atom is 0.229 e. The van der Waals surface area contributed by atoms with Crippen molar-refractivity contribution < 1.29 is 4.79 Å². The Hall–Kier alpha value is -2.89. The summed E-state index contributed by atoms with van der Waals surface area (Å²) in [6.45, 7) is 5.23. The molecule has 3 aromatic rings. The molecule has 6 heteroatoms. The Labute approximate surface area is 171 Å². The maximum atomic E-state index is 13.5. The van der Waals surface area contributed by atoms with Gasteiger partial charge in [0.15, 0.2) is 0 Å². The summed E-state index contributed by atoms with van der Waals surface area (Å²) in [5, 5.41) is 1.22. The number of piperidine rings is 2. The smallest absolute Gasteiger partial charge is 0.229 e. The van der Waals surface area contributed by atoms with Crippen LogP contribution in [0.3, 0.4) is 0 Å². The van der Waals surface area contributed by atoms with Gasteiger partial charge in [-0.15, -0.1) is 0 Å². The molecule has 4 heterocycles. The van der Waals surface area contributed by atoms with E-state index in [1.807, 2.05) is 25.4 Å². The van der Waals surface area contributed by atoms with Crippen molar-refractivity contribution in [3.05, 3.63) is 54.1 Å². The number of nitrogens with zero attached hydrogens (tertiary/aromatic N) is 4. The first-order valence-electron chi connectivity index (χ1n) is 10.5. The van der Waals surface area contributed by atoms with Crippen molar-refractivity contribution in [1.82, 2.24) is 19.9 Å². The number of likely N-dealkylation sites (tertiary alicyclic amines) is 1. The van der Waals surface area contributed by atoms with Crippen molar-refractivity contribution in [2.75, 3.05) is 24.5 Å². The molecule has 2 aliphatic rings. The number of H-pyrrole nitrogens is 1. The topological polar surface area (TPSA) is 65.1 Å². The number of rotatable bonds is 3. The fourth-order valence-corrected chi connectivity index (χ4v) is 4.95. The number of hydrogen-bond acceptors (Lipinski definition) is 4. The number of aromatic amines is 1. The highest BCUT2D eigenvalue weighted by Gasteiger charge is 2.45. The number of fused-ring (bicyclic) bond motifs is 1. The molecule has 0 radical (unpaired) electrons. The molecule has 1 spiro atoms. The van der Waals surface area contributed by atoms with Gasteiger partial charge in [-0.25, -0.2) is 4.98 Å². The van der Waals surface area contributed by atoms with Crippen LogP contribution in [0.25, 0.3) is 10.9 Å². The first-order chi connectivity index (χ1) is 14.1. The summed E-state index contributed by atoms with van der Waals surface area (Å²) >= 11 is 0. The SMILES string of the molecule is Cc1cnc(N2CCC3(CCCN(Cc4c[nH]c5ccccc45)C3=O)CC2)cn1. The standard InChI is InChI=1S/C23H27N5O/c1-17-13-26-21(15-24-17)27-11-8-23(9-12-27)7-4-10-28(22(23)29)16-18-14-25-20-6-3-2-5-19(18)20/h2-3,5-6,13-15,25H,4,7-12,16H2,1H3. The lowest BCUT2D eigenvalue weighted by Crippen LogP contribution is -2.53. The van der Waals surface area contributed by atoms with Crippen LogP contribution in [0, 0.1) is 12.3 Å². The minimum Gasteiger partial charge on any atom is -0.361 e. The Morgan fingerprint density at radius 2 is 1.90 bits per heavy atom. The fraction of sp³-hybridized carbons (Fsp3) is 0.435. The Balaban J connectivity index is 1.30. The van der Waals surface area contributed by atoms with Crippen LogP contribution in [0.4, 0.5) is 5.82 Å². The van der Waals surface area contributed by atoms with E-state index in [4.69, 9.17) is 0 Å². The lowest BCUT2D eigenvalue weighted by Gasteiger charge is -2.46. The molecule has 2 fully saturated rings. The Morgan fingerprint density at radius 1 is 1.07 bits per heavy atom. The molecule has 2 saturated heterocycles. The molecule has 0 bridgehead atoms. The molecule has 6 nitrogen and oxygen atoms in total. The van der Waals surface area contributed by atoms with Crippen LogP contribution in [0.1, 0.15) is 36.9 Å². The first kappa shape index (κ1) is 18.2. The zero-order chi connectivity index (χ0) is 19.8.